The minimum Gasteiger partial charge on any atom is -0.494 e. The fourth-order valence-corrected chi connectivity index (χ4v) is 4.00. The molecule has 3 N–H and O–H groups in total. The number of halogens is 2. The van der Waals surface area contributed by atoms with Gasteiger partial charge in [0, 0.05) is 12.2 Å². The van der Waals surface area contributed by atoms with Crippen LogP contribution in [0, 0.1) is 0 Å². The number of hydrogen-bond donors (Lipinski definition) is 2. The van der Waals surface area contributed by atoms with Crippen LogP contribution >= 0.6 is 31.9 Å². The van der Waals surface area contributed by atoms with Gasteiger partial charge in [0.2, 0.25) is 10.0 Å². The van der Waals surface area contributed by atoms with Crippen LogP contribution in [0.3, 0.4) is 0 Å². The van der Waals surface area contributed by atoms with Crippen molar-refractivity contribution in [1.29, 1.82) is 0 Å². The van der Waals surface area contributed by atoms with Gasteiger partial charge in [-0.25, -0.2) is 13.6 Å². The number of benzene rings is 2. The number of ether oxygens (including phenoxy) is 1. The molecule has 0 amide bonds. The van der Waals surface area contributed by atoms with Crippen molar-refractivity contribution in [3.63, 3.8) is 0 Å². The highest BCUT2D eigenvalue weighted by Gasteiger charge is 2.09. The quantitative estimate of drug-likeness (QED) is 0.732. The van der Waals surface area contributed by atoms with Gasteiger partial charge in [-0.3, -0.25) is 0 Å². The number of sulfonamides is 1. The zero-order chi connectivity index (χ0) is 16.3. The van der Waals surface area contributed by atoms with E-state index in [4.69, 9.17) is 9.88 Å². The number of rotatable bonds is 5. The minimum atomic E-state index is -3.66. The van der Waals surface area contributed by atoms with Crippen LogP contribution in [0.4, 0.5) is 5.69 Å². The average Bonchev–Trinajstić information content (AvgIpc) is 2.44. The fourth-order valence-electron chi connectivity index (χ4n) is 1.88. The summed E-state index contributed by atoms with van der Waals surface area (Å²) in [4.78, 5) is 0.0907. The molecule has 0 radical (unpaired) electrons. The summed E-state index contributed by atoms with van der Waals surface area (Å²) < 4.78 is 29.3. The topological polar surface area (TPSA) is 81.4 Å². The highest BCUT2D eigenvalue weighted by molar-refractivity contribution is 9.11. The van der Waals surface area contributed by atoms with Gasteiger partial charge in [0.25, 0.3) is 0 Å². The third kappa shape index (κ3) is 4.22. The van der Waals surface area contributed by atoms with E-state index in [1.807, 2.05) is 12.1 Å². The SMILES string of the molecule is COc1c(Br)cc(CNc2ccc(S(N)(=O)=O)cc2)cc1Br. The molecule has 0 saturated carbocycles. The number of nitrogens with one attached hydrogen (secondary N) is 1. The maximum atomic E-state index is 11.2. The van der Waals surface area contributed by atoms with E-state index in [1.54, 1.807) is 19.2 Å². The number of methoxy groups -OCH3 is 1. The molecule has 0 aliphatic carbocycles. The average molecular weight is 450 g/mol. The van der Waals surface area contributed by atoms with Gasteiger partial charge in [0.05, 0.1) is 21.0 Å². The van der Waals surface area contributed by atoms with Crippen LogP contribution in [0.5, 0.6) is 5.75 Å². The van der Waals surface area contributed by atoms with Gasteiger partial charge in [-0.15, -0.1) is 0 Å². The summed E-state index contributed by atoms with van der Waals surface area (Å²) >= 11 is 6.90. The smallest absolute Gasteiger partial charge is 0.238 e. The predicted molar refractivity (Wildman–Crippen MR) is 93.5 cm³/mol. The van der Waals surface area contributed by atoms with Gasteiger partial charge in [0.1, 0.15) is 5.75 Å². The summed E-state index contributed by atoms with van der Waals surface area (Å²) in [5, 5.41) is 8.28. The molecule has 22 heavy (non-hydrogen) atoms. The number of hydrogen-bond acceptors (Lipinski definition) is 4. The summed E-state index contributed by atoms with van der Waals surface area (Å²) in [5.41, 5.74) is 1.84. The Morgan fingerprint density at radius 2 is 1.68 bits per heavy atom. The molecule has 5 nitrogen and oxygen atoms in total. The Balaban J connectivity index is 2.10. The molecule has 0 saturated heterocycles. The summed E-state index contributed by atoms with van der Waals surface area (Å²) in [6, 6.07) is 10.2. The van der Waals surface area contributed by atoms with Crippen LogP contribution in [-0.4, -0.2) is 15.5 Å². The van der Waals surface area contributed by atoms with E-state index in [0.717, 1.165) is 25.9 Å². The standard InChI is InChI=1S/C14H14Br2N2O3S/c1-21-14-12(15)6-9(7-13(14)16)8-18-10-2-4-11(5-3-10)22(17,19)20/h2-7,18H,8H2,1H3,(H2,17,19,20). The van der Waals surface area contributed by atoms with E-state index in [9.17, 15) is 8.42 Å². The Kier molecular flexibility index (Phi) is 5.49. The molecule has 0 aliphatic heterocycles. The van der Waals surface area contributed by atoms with Gasteiger partial charge < -0.3 is 10.1 Å². The van der Waals surface area contributed by atoms with Crippen molar-refractivity contribution in [2.45, 2.75) is 11.4 Å². The first-order valence-corrected chi connectivity index (χ1v) is 9.33. The molecular weight excluding hydrogens is 436 g/mol. The summed E-state index contributed by atoms with van der Waals surface area (Å²) in [6.07, 6.45) is 0. The predicted octanol–water partition coefficient (Wildman–Crippen LogP) is 3.48. The number of anilines is 1. The maximum absolute atomic E-state index is 11.2. The summed E-state index contributed by atoms with van der Waals surface area (Å²) in [6.45, 7) is 0.579. The fraction of sp³-hybridized carbons (Fsp3) is 0.143. The Morgan fingerprint density at radius 1 is 1.14 bits per heavy atom. The van der Waals surface area contributed by atoms with E-state index in [0.29, 0.717) is 6.54 Å². The molecule has 0 heterocycles. The molecule has 118 valence electrons. The van der Waals surface area contributed by atoms with Crippen LogP contribution < -0.4 is 15.2 Å². The second-order valence-electron chi connectivity index (χ2n) is 4.52. The molecule has 0 aromatic heterocycles. The van der Waals surface area contributed by atoms with Crippen molar-refractivity contribution < 1.29 is 13.2 Å². The van der Waals surface area contributed by atoms with Crippen molar-refractivity contribution in [2.75, 3.05) is 12.4 Å². The first-order valence-electron chi connectivity index (χ1n) is 6.20. The van der Waals surface area contributed by atoms with Crippen molar-refractivity contribution >= 4 is 47.6 Å². The van der Waals surface area contributed by atoms with E-state index < -0.39 is 10.0 Å². The molecule has 0 fully saturated rings. The highest BCUT2D eigenvalue weighted by atomic mass is 79.9. The normalized spacial score (nSPS) is 11.3. The molecule has 2 rings (SSSR count). The highest BCUT2D eigenvalue weighted by Crippen LogP contribution is 2.34. The van der Waals surface area contributed by atoms with Gasteiger partial charge in [-0.05, 0) is 73.8 Å². The Bertz CT molecular complexity index is 754. The lowest BCUT2D eigenvalue weighted by Gasteiger charge is -2.11. The van der Waals surface area contributed by atoms with Crippen LogP contribution in [0.15, 0.2) is 50.2 Å². The van der Waals surface area contributed by atoms with Crippen molar-refractivity contribution in [2.24, 2.45) is 5.14 Å². The van der Waals surface area contributed by atoms with Crippen LogP contribution in [0.25, 0.3) is 0 Å². The monoisotopic (exact) mass is 448 g/mol. The molecule has 0 atom stereocenters. The lowest BCUT2D eigenvalue weighted by molar-refractivity contribution is 0.409. The Hall–Kier alpha value is -1.09. The molecule has 0 aliphatic rings. The second kappa shape index (κ2) is 6.99. The zero-order valence-electron chi connectivity index (χ0n) is 11.6. The van der Waals surface area contributed by atoms with E-state index in [2.05, 4.69) is 37.2 Å². The molecule has 8 heteroatoms. The zero-order valence-corrected chi connectivity index (χ0v) is 15.6. The second-order valence-corrected chi connectivity index (χ2v) is 7.79. The Morgan fingerprint density at radius 3 is 2.14 bits per heavy atom. The molecule has 0 bridgehead atoms. The number of nitrogens with two attached hydrogens (primary N) is 1. The van der Waals surface area contributed by atoms with Crippen molar-refractivity contribution in [3.8, 4) is 5.75 Å². The lowest BCUT2D eigenvalue weighted by Crippen LogP contribution is -2.12. The molecule has 0 unspecified atom stereocenters. The summed E-state index contributed by atoms with van der Waals surface area (Å²) in [5.74, 6) is 0.737. The van der Waals surface area contributed by atoms with E-state index >= 15 is 0 Å². The molecule has 2 aromatic carbocycles. The Labute approximate surface area is 146 Å². The van der Waals surface area contributed by atoms with Gasteiger partial charge >= 0.3 is 0 Å². The number of primary sulfonamides is 1. The largest absolute Gasteiger partial charge is 0.494 e. The van der Waals surface area contributed by atoms with Gasteiger partial charge in [-0.1, -0.05) is 0 Å². The van der Waals surface area contributed by atoms with Crippen molar-refractivity contribution in [1.82, 2.24) is 0 Å². The molecule has 2 aromatic rings. The first-order chi connectivity index (χ1) is 10.3. The third-order valence-electron chi connectivity index (χ3n) is 2.94. The molecule has 0 spiro atoms. The van der Waals surface area contributed by atoms with Crippen LogP contribution in [0.1, 0.15) is 5.56 Å². The van der Waals surface area contributed by atoms with Gasteiger partial charge in [-0.2, -0.15) is 0 Å². The summed E-state index contributed by atoms with van der Waals surface area (Å²) in [7, 11) is -2.05. The lowest BCUT2D eigenvalue weighted by atomic mass is 10.2. The van der Waals surface area contributed by atoms with Crippen LogP contribution in [-0.2, 0) is 16.6 Å². The van der Waals surface area contributed by atoms with Crippen LogP contribution in [0.2, 0.25) is 0 Å². The third-order valence-corrected chi connectivity index (χ3v) is 5.05. The van der Waals surface area contributed by atoms with Gasteiger partial charge in [0.15, 0.2) is 0 Å². The van der Waals surface area contributed by atoms with E-state index in [1.165, 1.54) is 12.1 Å². The minimum absolute atomic E-state index is 0.0907. The maximum Gasteiger partial charge on any atom is 0.238 e. The first kappa shape index (κ1) is 17.3. The van der Waals surface area contributed by atoms with E-state index in [-0.39, 0.29) is 4.90 Å². The molecular formula is C14H14Br2N2O3S. The van der Waals surface area contributed by atoms with Crippen molar-refractivity contribution in [3.05, 3.63) is 50.9 Å².